The Balaban J connectivity index is 2.35. The van der Waals surface area contributed by atoms with Gasteiger partial charge in [-0.1, -0.05) is 120 Å². The van der Waals surface area contributed by atoms with Crippen molar-refractivity contribution in [3.8, 4) is 0 Å². The minimum atomic E-state index is -1.14. The average molecular weight is 305 g/mol. The van der Waals surface area contributed by atoms with Gasteiger partial charge in [0, 0.05) is 0 Å². The Labute approximate surface area is 134 Å². The molecule has 0 amide bonds. The molecule has 0 fully saturated rings. The van der Waals surface area contributed by atoms with Gasteiger partial charge in [-0.05, 0) is 6.04 Å². The van der Waals surface area contributed by atoms with Gasteiger partial charge >= 0.3 is 0 Å². The molecule has 0 saturated carbocycles. The third-order valence-corrected chi connectivity index (χ3v) is 10.7. The normalized spacial score (nSPS) is 14.3. The van der Waals surface area contributed by atoms with Crippen molar-refractivity contribution < 1.29 is 0 Å². The monoisotopic (exact) mass is 304 g/mol. The molecular weight excluding hydrogens is 268 g/mol. The summed E-state index contributed by atoms with van der Waals surface area (Å²) in [7, 11) is -1.14. The van der Waals surface area contributed by atoms with E-state index in [1.54, 1.807) is 5.56 Å². The number of hydrogen-bond donors (Lipinski definition) is 0. The fraction of sp³-hybridized carbons (Fsp3) is 0.700. The molecule has 0 spiro atoms. The van der Waals surface area contributed by atoms with Crippen LogP contribution in [0.1, 0.15) is 71.3 Å². The molecule has 0 aliphatic heterocycles. The van der Waals surface area contributed by atoms with E-state index in [1.807, 2.05) is 0 Å². The summed E-state index contributed by atoms with van der Waals surface area (Å²) in [4.78, 5) is 0. The zero-order chi connectivity index (χ0) is 15.6. The summed E-state index contributed by atoms with van der Waals surface area (Å²) in [6, 6.07) is 14.0. The SMILES string of the molecule is CCCCCCCCC[Si](C)(Cc1ccccc1)C(C)C. The predicted molar refractivity (Wildman–Crippen MR) is 99.7 cm³/mol. The molecule has 0 aliphatic rings. The van der Waals surface area contributed by atoms with E-state index in [-0.39, 0.29) is 0 Å². The van der Waals surface area contributed by atoms with E-state index in [4.69, 9.17) is 0 Å². The van der Waals surface area contributed by atoms with Crippen molar-refractivity contribution in [1.82, 2.24) is 0 Å². The summed E-state index contributed by atoms with van der Waals surface area (Å²) in [5, 5.41) is 0. The second-order valence-electron chi connectivity index (χ2n) is 7.34. The van der Waals surface area contributed by atoms with Crippen molar-refractivity contribution in [3.05, 3.63) is 35.9 Å². The summed E-state index contributed by atoms with van der Waals surface area (Å²) in [6.07, 6.45) is 10.0. The molecule has 21 heavy (non-hydrogen) atoms. The second-order valence-corrected chi connectivity index (χ2v) is 12.7. The maximum atomic E-state index is 2.63. The van der Waals surface area contributed by atoms with E-state index in [2.05, 4.69) is 57.7 Å². The minimum absolute atomic E-state index is 0.887. The molecule has 1 heteroatoms. The van der Waals surface area contributed by atoms with Crippen molar-refractivity contribution in [2.75, 3.05) is 0 Å². The van der Waals surface area contributed by atoms with Gasteiger partial charge in [0.2, 0.25) is 0 Å². The van der Waals surface area contributed by atoms with Crippen molar-refractivity contribution in [2.24, 2.45) is 0 Å². The van der Waals surface area contributed by atoms with Crippen molar-refractivity contribution >= 4 is 8.07 Å². The summed E-state index contributed by atoms with van der Waals surface area (Å²) >= 11 is 0. The molecule has 0 aromatic heterocycles. The first-order chi connectivity index (χ1) is 10.1. The van der Waals surface area contributed by atoms with Gasteiger partial charge in [-0.2, -0.15) is 0 Å². The topological polar surface area (TPSA) is 0 Å². The summed E-state index contributed by atoms with van der Waals surface area (Å²) in [5.74, 6) is 0. The fourth-order valence-corrected chi connectivity index (χ4v) is 6.52. The van der Waals surface area contributed by atoms with E-state index in [9.17, 15) is 0 Å². The highest BCUT2D eigenvalue weighted by atomic mass is 28.3. The summed E-state index contributed by atoms with van der Waals surface area (Å²) in [6.45, 7) is 9.83. The van der Waals surface area contributed by atoms with Gasteiger partial charge < -0.3 is 0 Å². The smallest absolute Gasteiger partial charge is 0.0574 e. The van der Waals surface area contributed by atoms with Crippen molar-refractivity contribution in [2.45, 2.75) is 89.9 Å². The Kier molecular flexibility index (Phi) is 8.99. The lowest BCUT2D eigenvalue weighted by atomic mass is 10.1. The van der Waals surface area contributed by atoms with Crippen LogP contribution in [0, 0.1) is 0 Å². The van der Waals surface area contributed by atoms with E-state index in [0.29, 0.717) is 0 Å². The maximum Gasteiger partial charge on any atom is 0.0574 e. The van der Waals surface area contributed by atoms with Gasteiger partial charge in [0.1, 0.15) is 0 Å². The van der Waals surface area contributed by atoms with Gasteiger partial charge in [0.25, 0.3) is 0 Å². The van der Waals surface area contributed by atoms with Gasteiger partial charge in [0.15, 0.2) is 0 Å². The van der Waals surface area contributed by atoms with Crippen LogP contribution in [0.2, 0.25) is 18.1 Å². The number of unbranched alkanes of at least 4 members (excludes halogenated alkanes) is 6. The van der Waals surface area contributed by atoms with Crippen LogP contribution in [0.3, 0.4) is 0 Å². The lowest BCUT2D eigenvalue weighted by Crippen LogP contribution is -2.37. The Morgan fingerprint density at radius 2 is 1.43 bits per heavy atom. The fourth-order valence-electron chi connectivity index (χ4n) is 3.13. The largest absolute Gasteiger partial charge is 0.0687 e. The van der Waals surface area contributed by atoms with Crippen molar-refractivity contribution in [3.63, 3.8) is 0 Å². The third kappa shape index (κ3) is 7.31. The first kappa shape index (κ1) is 18.5. The molecule has 0 nitrogen and oxygen atoms in total. The van der Waals surface area contributed by atoms with Crippen molar-refractivity contribution in [1.29, 1.82) is 0 Å². The van der Waals surface area contributed by atoms with Crippen LogP contribution in [0.5, 0.6) is 0 Å². The Morgan fingerprint density at radius 3 is 2.00 bits per heavy atom. The molecule has 1 rings (SSSR count). The van der Waals surface area contributed by atoms with E-state index < -0.39 is 8.07 Å². The Morgan fingerprint density at radius 1 is 0.857 bits per heavy atom. The molecule has 0 radical (unpaired) electrons. The van der Waals surface area contributed by atoms with Crippen LogP contribution in [0.4, 0.5) is 0 Å². The van der Waals surface area contributed by atoms with Gasteiger partial charge in [-0.25, -0.2) is 0 Å². The van der Waals surface area contributed by atoms with Gasteiger partial charge in [-0.15, -0.1) is 0 Å². The van der Waals surface area contributed by atoms with E-state index in [1.165, 1.54) is 57.0 Å². The minimum Gasteiger partial charge on any atom is -0.0687 e. The Hall–Kier alpha value is -0.563. The van der Waals surface area contributed by atoms with Crippen LogP contribution in [0.15, 0.2) is 30.3 Å². The molecule has 0 N–H and O–H groups in total. The lowest BCUT2D eigenvalue weighted by Gasteiger charge is -2.32. The zero-order valence-electron chi connectivity index (χ0n) is 14.8. The second kappa shape index (κ2) is 10.2. The maximum absolute atomic E-state index is 2.63. The average Bonchev–Trinajstić information content (AvgIpc) is 2.47. The highest BCUT2D eigenvalue weighted by Gasteiger charge is 2.30. The molecule has 120 valence electrons. The zero-order valence-corrected chi connectivity index (χ0v) is 15.8. The van der Waals surface area contributed by atoms with Crippen LogP contribution in [-0.2, 0) is 6.04 Å². The number of benzene rings is 1. The first-order valence-corrected chi connectivity index (χ1v) is 12.1. The summed E-state index contributed by atoms with van der Waals surface area (Å²) in [5.41, 5.74) is 2.45. The highest BCUT2D eigenvalue weighted by molar-refractivity contribution is 6.79. The van der Waals surface area contributed by atoms with Crippen LogP contribution in [0.25, 0.3) is 0 Å². The highest BCUT2D eigenvalue weighted by Crippen LogP contribution is 2.31. The molecule has 0 saturated heterocycles. The van der Waals surface area contributed by atoms with Gasteiger partial charge in [-0.3, -0.25) is 0 Å². The van der Waals surface area contributed by atoms with Gasteiger partial charge in [0.05, 0.1) is 8.07 Å². The standard InChI is InChI=1S/C20H36Si/c1-5-6-7-8-9-10-14-17-21(4,19(2)3)18-20-15-12-11-13-16-20/h11-13,15-16,19H,5-10,14,17-18H2,1-4H3. The quantitative estimate of drug-likeness (QED) is 0.305. The van der Waals surface area contributed by atoms with Crippen LogP contribution < -0.4 is 0 Å². The predicted octanol–water partition coefficient (Wildman–Crippen LogP) is 7.01. The number of rotatable bonds is 11. The first-order valence-electron chi connectivity index (χ1n) is 9.12. The van der Waals surface area contributed by atoms with E-state index >= 15 is 0 Å². The van der Waals surface area contributed by atoms with E-state index in [0.717, 1.165) is 5.54 Å². The lowest BCUT2D eigenvalue weighted by molar-refractivity contribution is 0.599. The molecule has 1 unspecified atom stereocenters. The molecular formula is C20H36Si. The molecule has 0 aliphatic carbocycles. The number of hydrogen-bond acceptors (Lipinski definition) is 0. The Bertz CT molecular complexity index is 357. The van der Waals surface area contributed by atoms with Crippen LogP contribution in [-0.4, -0.2) is 8.07 Å². The molecule has 0 bridgehead atoms. The molecule has 1 aromatic carbocycles. The molecule has 0 heterocycles. The molecule has 1 aromatic rings. The third-order valence-electron chi connectivity index (χ3n) is 5.20. The summed E-state index contributed by atoms with van der Waals surface area (Å²) < 4.78 is 0. The van der Waals surface area contributed by atoms with Crippen LogP contribution >= 0.6 is 0 Å². The molecule has 1 atom stereocenters.